The number of furan rings is 1. The van der Waals surface area contributed by atoms with Crippen molar-refractivity contribution in [3.05, 3.63) is 29.8 Å². The van der Waals surface area contributed by atoms with Crippen molar-refractivity contribution < 1.29 is 23.4 Å². The van der Waals surface area contributed by atoms with Gasteiger partial charge in [-0.2, -0.15) is 0 Å². The smallest absolute Gasteiger partial charge is 0.371 e. The molecule has 1 aromatic heterocycles. The summed E-state index contributed by atoms with van der Waals surface area (Å²) in [6, 6.07) is 3.71. The highest BCUT2D eigenvalue weighted by atomic mass is 19.1. The van der Waals surface area contributed by atoms with E-state index in [0.717, 1.165) is 6.07 Å². The third-order valence-electron chi connectivity index (χ3n) is 2.02. The second kappa shape index (κ2) is 3.27. The molecule has 78 valence electrons. The van der Waals surface area contributed by atoms with E-state index in [1.165, 1.54) is 19.2 Å². The van der Waals surface area contributed by atoms with Crippen LogP contribution in [-0.4, -0.2) is 18.2 Å². The predicted octanol–water partition coefficient (Wildman–Crippen LogP) is 2.28. The Kier molecular flexibility index (Phi) is 2.07. The summed E-state index contributed by atoms with van der Waals surface area (Å²) in [4.78, 5) is 10.6. The minimum absolute atomic E-state index is 0.103. The third-order valence-corrected chi connectivity index (χ3v) is 2.02. The second-order valence-electron chi connectivity index (χ2n) is 2.91. The van der Waals surface area contributed by atoms with E-state index in [4.69, 9.17) is 14.3 Å². The first-order valence-corrected chi connectivity index (χ1v) is 4.13. The number of rotatable bonds is 2. The SMILES string of the molecule is COc1ccc(F)c2cc(C(=O)O)oc12. The number of halogens is 1. The van der Waals surface area contributed by atoms with E-state index >= 15 is 0 Å². The van der Waals surface area contributed by atoms with E-state index in [9.17, 15) is 9.18 Å². The second-order valence-corrected chi connectivity index (χ2v) is 2.91. The Bertz CT molecular complexity index is 529. The standard InChI is InChI=1S/C10H7FO4/c1-14-7-3-2-6(11)5-4-8(10(12)13)15-9(5)7/h2-4H,1H3,(H,12,13). The molecule has 0 spiro atoms. The number of methoxy groups -OCH3 is 1. The molecule has 0 aliphatic heterocycles. The monoisotopic (exact) mass is 210 g/mol. The highest BCUT2D eigenvalue weighted by Gasteiger charge is 2.16. The fourth-order valence-corrected chi connectivity index (χ4v) is 1.33. The van der Waals surface area contributed by atoms with Crippen LogP contribution in [0.25, 0.3) is 11.0 Å². The Balaban J connectivity index is 2.77. The van der Waals surface area contributed by atoms with Crippen molar-refractivity contribution in [3.8, 4) is 5.75 Å². The Hall–Kier alpha value is -2.04. The number of carboxylic acids is 1. The number of carbonyl (C=O) groups is 1. The van der Waals surface area contributed by atoms with Gasteiger partial charge in [-0.05, 0) is 12.1 Å². The average Bonchev–Trinajstić information content (AvgIpc) is 2.64. The zero-order valence-electron chi connectivity index (χ0n) is 7.78. The molecule has 0 radical (unpaired) electrons. The molecule has 0 amide bonds. The number of fused-ring (bicyclic) bond motifs is 1. The quantitative estimate of drug-likeness (QED) is 0.825. The summed E-state index contributed by atoms with van der Waals surface area (Å²) < 4.78 is 23.2. The van der Waals surface area contributed by atoms with Crippen molar-refractivity contribution in [1.29, 1.82) is 0 Å². The summed E-state index contributed by atoms with van der Waals surface area (Å²) in [6.45, 7) is 0. The van der Waals surface area contributed by atoms with Crippen molar-refractivity contribution >= 4 is 16.9 Å². The molecular weight excluding hydrogens is 203 g/mol. The van der Waals surface area contributed by atoms with Crippen molar-refractivity contribution in [2.45, 2.75) is 0 Å². The molecule has 15 heavy (non-hydrogen) atoms. The van der Waals surface area contributed by atoms with Gasteiger partial charge in [0.15, 0.2) is 11.3 Å². The first-order chi connectivity index (χ1) is 7.13. The van der Waals surface area contributed by atoms with Crippen molar-refractivity contribution in [2.24, 2.45) is 0 Å². The van der Waals surface area contributed by atoms with Crippen LogP contribution in [0, 0.1) is 5.82 Å². The summed E-state index contributed by atoms with van der Waals surface area (Å²) >= 11 is 0. The van der Waals surface area contributed by atoms with E-state index in [0.29, 0.717) is 5.75 Å². The molecule has 0 saturated heterocycles. The maximum Gasteiger partial charge on any atom is 0.371 e. The molecule has 0 bridgehead atoms. The number of hydrogen-bond donors (Lipinski definition) is 1. The molecule has 1 aromatic carbocycles. The van der Waals surface area contributed by atoms with Crippen LogP contribution in [0.2, 0.25) is 0 Å². The fraction of sp³-hybridized carbons (Fsp3) is 0.100. The van der Waals surface area contributed by atoms with Gasteiger partial charge in [0.25, 0.3) is 0 Å². The molecule has 0 unspecified atom stereocenters. The van der Waals surface area contributed by atoms with Crippen LogP contribution in [0.1, 0.15) is 10.6 Å². The Morgan fingerprint density at radius 2 is 2.27 bits per heavy atom. The Labute approximate surface area is 83.9 Å². The summed E-state index contributed by atoms with van der Waals surface area (Å²) in [5.41, 5.74) is 0.106. The lowest BCUT2D eigenvalue weighted by Gasteiger charge is -1.99. The summed E-state index contributed by atoms with van der Waals surface area (Å²) in [7, 11) is 1.40. The minimum atomic E-state index is -1.24. The molecule has 1 heterocycles. The Morgan fingerprint density at radius 3 is 2.87 bits per heavy atom. The van der Waals surface area contributed by atoms with Gasteiger partial charge in [-0.15, -0.1) is 0 Å². The number of ether oxygens (including phenoxy) is 1. The van der Waals surface area contributed by atoms with Crippen LogP contribution in [0.4, 0.5) is 4.39 Å². The fourth-order valence-electron chi connectivity index (χ4n) is 1.33. The van der Waals surface area contributed by atoms with E-state index in [1.54, 1.807) is 0 Å². The average molecular weight is 210 g/mol. The molecule has 0 atom stereocenters. The zero-order valence-corrected chi connectivity index (χ0v) is 7.78. The molecule has 2 rings (SSSR count). The van der Waals surface area contributed by atoms with Crippen LogP contribution >= 0.6 is 0 Å². The van der Waals surface area contributed by atoms with Gasteiger partial charge in [0.05, 0.1) is 12.5 Å². The molecule has 0 aliphatic rings. The van der Waals surface area contributed by atoms with Crippen molar-refractivity contribution in [3.63, 3.8) is 0 Å². The molecule has 0 fully saturated rings. The lowest BCUT2D eigenvalue weighted by atomic mass is 10.2. The van der Waals surface area contributed by atoms with Crippen LogP contribution in [-0.2, 0) is 0 Å². The molecule has 0 aliphatic carbocycles. The van der Waals surface area contributed by atoms with Gasteiger partial charge in [0, 0.05) is 6.07 Å². The van der Waals surface area contributed by atoms with Crippen LogP contribution < -0.4 is 4.74 Å². The molecule has 0 saturated carbocycles. The molecular formula is C10H7FO4. The highest BCUT2D eigenvalue weighted by Crippen LogP contribution is 2.30. The summed E-state index contributed by atoms with van der Waals surface area (Å²) in [5, 5.41) is 8.79. The topological polar surface area (TPSA) is 59.7 Å². The van der Waals surface area contributed by atoms with Crippen molar-refractivity contribution in [2.75, 3.05) is 7.11 Å². The maximum atomic E-state index is 13.3. The molecule has 1 N–H and O–H groups in total. The lowest BCUT2D eigenvalue weighted by Crippen LogP contribution is -1.91. The van der Waals surface area contributed by atoms with Crippen molar-refractivity contribution in [1.82, 2.24) is 0 Å². The van der Waals surface area contributed by atoms with E-state index in [2.05, 4.69) is 0 Å². The van der Waals surface area contributed by atoms with E-state index < -0.39 is 11.8 Å². The van der Waals surface area contributed by atoms with Crippen LogP contribution in [0.15, 0.2) is 22.6 Å². The van der Waals surface area contributed by atoms with Gasteiger partial charge in [-0.1, -0.05) is 0 Å². The van der Waals surface area contributed by atoms with Crippen LogP contribution in [0.5, 0.6) is 5.75 Å². The van der Waals surface area contributed by atoms with Crippen LogP contribution in [0.3, 0.4) is 0 Å². The summed E-state index contributed by atoms with van der Waals surface area (Å²) in [6.07, 6.45) is 0. The number of hydrogen-bond acceptors (Lipinski definition) is 3. The molecule has 5 heteroatoms. The maximum absolute atomic E-state index is 13.3. The largest absolute Gasteiger partial charge is 0.493 e. The first kappa shape index (κ1) is 9.51. The number of benzene rings is 1. The normalized spacial score (nSPS) is 10.5. The number of aromatic carboxylic acids is 1. The number of carboxylic acid groups (broad SMARTS) is 1. The van der Waals surface area contributed by atoms with E-state index in [-0.39, 0.29) is 16.7 Å². The zero-order chi connectivity index (χ0) is 11.0. The Morgan fingerprint density at radius 1 is 1.53 bits per heavy atom. The van der Waals surface area contributed by atoms with E-state index in [1.807, 2.05) is 0 Å². The van der Waals surface area contributed by atoms with Gasteiger partial charge in [0.1, 0.15) is 5.82 Å². The van der Waals surface area contributed by atoms with Gasteiger partial charge < -0.3 is 14.3 Å². The molecule has 4 nitrogen and oxygen atoms in total. The minimum Gasteiger partial charge on any atom is -0.493 e. The van der Waals surface area contributed by atoms with Gasteiger partial charge in [-0.3, -0.25) is 0 Å². The molecule has 2 aromatic rings. The van der Waals surface area contributed by atoms with Gasteiger partial charge in [-0.25, -0.2) is 9.18 Å². The van der Waals surface area contributed by atoms with Gasteiger partial charge >= 0.3 is 5.97 Å². The first-order valence-electron chi connectivity index (χ1n) is 4.13. The van der Waals surface area contributed by atoms with Gasteiger partial charge in [0.2, 0.25) is 5.76 Å². The lowest BCUT2D eigenvalue weighted by molar-refractivity contribution is 0.0665. The predicted molar refractivity (Wildman–Crippen MR) is 49.7 cm³/mol. The third kappa shape index (κ3) is 1.41. The summed E-state index contributed by atoms with van der Waals surface area (Å²) in [5.74, 6) is -1.79. The highest BCUT2D eigenvalue weighted by molar-refractivity contribution is 5.93.